The molecule has 2 rings (SSSR count). The lowest BCUT2D eigenvalue weighted by Gasteiger charge is -2.31. The Hall–Kier alpha value is -1.29. The summed E-state index contributed by atoms with van der Waals surface area (Å²) in [6, 6.07) is 4.34. The summed E-state index contributed by atoms with van der Waals surface area (Å²) in [5, 5.41) is 3.63. The van der Waals surface area contributed by atoms with Crippen LogP contribution in [-0.2, 0) is 11.3 Å². The topological polar surface area (TPSA) is 54.1 Å². The van der Waals surface area contributed by atoms with Gasteiger partial charge in [-0.2, -0.15) is 0 Å². The van der Waals surface area contributed by atoms with Crippen LogP contribution < -0.4 is 5.32 Å². The molecule has 0 aromatic carbocycles. The highest BCUT2D eigenvalue weighted by Gasteiger charge is 2.23. The molecule has 1 heterocycles. The van der Waals surface area contributed by atoms with Crippen molar-refractivity contribution in [2.24, 2.45) is 5.92 Å². The average Bonchev–Trinajstić information content (AvgIpc) is 2.93. The Bertz CT molecular complexity index is 414. The summed E-state index contributed by atoms with van der Waals surface area (Å²) in [4.78, 5) is 14.5. The first-order valence-corrected chi connectivity index (χ1v) is 7.24. The van der Waals surface area contributed by atoms with Crippen LogP contribution >= 0.6 is 0 Å². The van der Waals surface area contributed by atoms with E-state index in [1.54, 1.807) is 6.07 Å². The normalized spacial score (nSPS) is 23.3. The molecule has 4 nitrogen and oxygen atoms in total. The fourth-order valence-electron chi connectivity index (χ4n) is 2.98. The minimum Gasteiger partial charge on any atom is -0.464 e. The number of nitrogens with one attached hydrogen (secondary N) is 2. The van der Waals surface area contributed by atoms with E-state index in [9.17, 15) is 4.79 Å². The van der Waals surface area contributed by atoms with Crippen molar-refractivity contribution in [2.75, 3.05) is 7.11 Å². The molecule has 4 heteroatoms. The zero-order valence-corrected chi connectivity index (χ0v) is 11.9. The van der Waals surface area contributed by atoms with E-state index in [0.29, 0.717) is 11.7 Å². The van der Waals surface area contributed by atoms with Crippen molar-refractivity contribution in [1.29, 1.82) is 0 Å². The van der Waals surface area contributed by atoms with Crippen molar-refractivity contribution < 1.29 is 9.53 Å². The predicted molar refractivity (Wildman–Crippen MR) is 75.0 cm³/mol. The molecule has 1 saturated carbocycles. The van der Waals surface area contributed by atoms with E-state index in [0.717, 1.165) is 18.2 Å². The van der Waals surface area contributed by atoms with E-state index >= 15 is 0 Å². The number of esters is 1. The summed E-state index contributed by atoms with van der Waals surface area (Å²) in [6.45, 7) is 3.06. The van der Waals surface area contributed by atoms with Crippen LogP contribution in [-0.4, -0.2) is 24.1 Å². The number of methoxy groups -OCH3 is 1. The monoisotopic (exact) mass is 264 g/mol. The van der Waals surface area contributed by atoms with E-state index in [-0.39, 0.29) is 5.97 Å². The Morgan fingerprint density at radius 3 is 2.95 bits per heavy atom. The molecule has 1 aliphatic rings. The Kier molecular flexibility index (Phi) is 5.02. The highest BCUT2D eigenvalue weighted by Crippen LogP contribution is 2.26. The van der Waals surface area contributed by atoms with Gasteiger partial charge < -0.3 is 15.0 Å². The van der Waals surface area contributed by atoms with Gasteiger partial charge in [-0.25, -0.2) is 4.79 Å². The number of rotatable bonds is 5. The summed E-state index contributed by atoms with van der Waals surface area (Å²) in [5.41, 5.74) is 1.57. The molecule has 2 N–H and O–H groups in total. The lowest BCUT2D eigenvalue weighted by Crippen LogP contribution is -2.37. The lowest BCUT2D eigenvalue weighted by atomic mass is 9.83. The summed E-state index contributed by atoms with van der Waals surface area (Å²) in [5.74, 6) is 0.485. The molecule has 0 spiro atoms. The molecular formula is C15H24N2O2. The van der Waals surface area contributed by atoms with Crippen LogP contribution in [0.15, 0.2) is 12.1 Å². The summed E-state index contributed by atoms with van der Waals surface area (Å²) < 4.78 is 4.69. The fourth-order valence-corrected chi connectivity index (χ4v) is 2.98. The van der Waals surface area contributed by atoms with Gasteiger partial charge in [-0.15, -0.1) is 0 Å². The van der Waals surface area contributed by atoms with Gasteiger partial charge in [-0.1, -0.05) is 26.2 Å². The van der Waals surface area contributed by atoms with Gasteiger partial charge in [0.25, 0.3) is 0 Å². The van der Waals surface area contributed by atoms with Crippen molar-refractivity contribution in [3.63, 3.8) is 0 Å². The third-order valence-corrected chi connectivity index (χ3v) is 4.14. The van der Waals surface area contributed by atoms with E-state index in [1.807, 2.05) is 6.07 Å². The zero-order valence-electron chi connectivity index (χ0n) is 11.9. The lowest BCUT2D eigenvalue weighted by molar-refractivity contribution is 0.0594. The molecule has 2 atom stereocenters. The number of aromatic nitrogens is 1. The summed E-state index contributed by atoms with van der Waals surface area (Å²) >= 11 is 0. The Morgan fingerprint density at radius 1 is 1.42 bits per heavy atom. The Morgan fingerprint density at radius 2 is 2.21 bits per heavy atom. The van der Waals surface area contributed by atoms with E-state index in [1.165, 1.54) is 39.2 Å². The molecule has 0 aliphatic heterocycles. The quantitative estimate of drug-likeness (QED) is 0.804. The van der Waals surface area contributed by atoms with Gasteiger partial charge in [0, 0.05) is 18.3 Å². The predicted octanol–water partition coefficient (Wildman–Crippen LogP) is 2.86. The highest BCUT2D eigenvalue weighted by molar-refractivity contribution is 5.87. The van der Waals surface area contributed by atoms with Crippen LogP contribution in [0, 0.1) is 5.92 Å². The number of ether oxygens (including phenoxy) is 1. The maximum absolute atomic E-state index is 11.4. The first-order chi connectivity index (χ1) is 9.24. The van der Waals surface area contributed by atoms with Crippen LogP contribution in [0.25, 0.3) is 0 Å². The Balaban J connectivity index is 1.87. The SMILES string of the molecule is CCC1CCCCC1NCc1ccc(C(=O)OC)[nH]1. The average molecular weight is 264 g/mol. The largest absolute Gasteiger partial charge is 0.464 e. The third kappa shape index (κ3) is 3.60. The molecule has 1 fully saturated rings. The number of H-pyrrole nitrogens is 1. The number of hydrogen-bond donors (Lipinski definition) is 2. The molecule has 2 unspecified atom stereocenters. The third-order valence-electron chi connectivity index (χ3n) is 4.14. The second-order valence-corrected chi connectivity index (χ2v) is 5.33. The van der Waals surface area contributed by atoms with Gasteiger partial charge in [0.15, 0.2) is 0 Å². The standard InChI is InChI=1S/C15H24N2O2/c1-3-11-6-4-5-7-13(11)16-10-12-8-9-14(17-12)15(18)19-2/h8-9,11,13,16-17H,3-7,10H2,1-2H3. The van der Waals surface area contributed by atoms with Crippen molar-refractivity contribution >= 4 is 5.97 Å². The minimum absolute atomic E-state index is 0.310. The van der Waals surface area contributed by atoms with Gasteiger partial charge in [0.05, 0.1) is 7.11 Å². The van der Waals surface area contributed by atoms with Crippen LogP contribution in [0.1, 0.15) is 55.2 Å². The van der Waals surface area contributed by atoms with Crippen molar-refractivity contribution in [3.05, 3.63) is 23.5 Å². The van der Waals surface area contributed by atoms with Gasteiger partial charge in [0.2, 0.25) is 0 Å². The minimum atomic E-state index is -0.310. The van der Waals surface area contributed by atoms with Crippen molar-refractivity contribution in [3.8, 4) is 0 Å². The molecule has 0 bridgehead atoms. The zero-order chi connectivity index (χ0) is 13.7. The molecule has 0 radical (unpaired) electrons. The fraction of sp³-hybridized carbons (Fsp3) is 0.667. The van der Waals surface area contributed by atoms with Crippen LogP contribution in [0.5, 0.6) is 0 Å². The van der Waals surface area contributed by atoms with Crippen LogP contribution in [0.3, 0.4) is 0 Å². The van der Waals surface area contributed by atoms with Gasteiger partial charge in [-0.3, -0.25) is 0 Å². The van der Waals surface area contributed by atoms with Gasteiger partial charge in [0.1, 0.15) is 5.69 Å². The number of carbonyl (C=O) groups excluding carboxylic acids is 1. The maximum Gasteiger partial charge on any atom is 0.354 e. The second-order valence-electron chi connectivity index (χ2n) is 5.33. The first-order valence-electron chi connectivity index (χ1n) is 7.24. The van der Waals surface area contributed by atoms with E-state index in [4.69, 9.17) is 0 Å². The maximum atomic E-state index is 11.4. The molecule has 0 amide bonds. The molecule has 0 saturated heterocycles. The van der Waals surface area contributed by atoms with Crippen LogP contribution in [0.2, 0.25) is 0 Å². The second kappa shape index (κ2) is 6.75. The summed E-state index contributed by atoms with van der Waals surface area (Å²) in [6.07, 6.45) is 6.54. The van der Waals surface area contributed by atoms with Gasteiger partial charge >= 0.3 is 5.97 Å². The van der Waals surface area contributed by atoms with Gasteiger partial charge in [-0.05, 0) is 30.9 Å². The molecule has 1 aromatic heterocycles. The highest BCUT2D eigenvalue weighted by atomic mass is 16.5. The van der Waals surface area contributed by atoms with Crippen molar-refractivity contribution in [1.82, 2.24) is 10.3 Å². The van der Waals surface area contributed by atoms with E-state index < -0.39 is 0 Å². The Labute approximate surface area is 114 Å². The number of hydrogen-bond acceptors (Lipinski definition) is 3. The van der Waals surface area contributed by atoms with Crippen LogP contribution in [0.4, 0.5) is 0 Å². The number of aromatic amines is 1. The van der Waals surface area contributed by atoms with Crippen molar-refractivity contribution in [2.45, 2.75) is 51.6 Å². The van der Waals surface area contributed by atoms with E-state index in [2.05, 4.69) is 22.0 Å². The molecular weight excluding hydrogens is 240 g/mol. The first kappa shape index (κ1) is 14.1. The molecule has 106 valence electrons. The summed E-state index contributed by atoms with van der Waals surface area (Å²) in [7, 11) is 1.40. The smallest absolute Gasteiger partial charge is 0.354 e. The molecule has 1 aromatic rings. The molecule has 1 aliphatic carbocycles. The number of carbonyl (C=O) groups is 1. The molecule has 19 heavy (non-hydrogen) atoms.